The van der Waals surface area contributed by atoms with Crippen molar-refractivity contribution in [2.45, 2.75) is 11.8 Å². The molecule has 0 radical (unpaired) electrons. The summed E-state index contributed by atoms with van der Waals surface area (Å²) in [5.41, 5.74) is 2.42. The van der Waals surface area contributed by atoms with Crippen molar-refractivity contribution in [2.24, 2.45) is 4.99 Å². The lowest BCUT2D eigenvalue weighted by atomic mass is 10.2. The van der Waals surface area contributed by atoms with Crippen LogP contribution in [0.3, 0.4) is 0 Å². The molecule has 1 aliphatic heterocycles. The van der Waals surface area contributed by atoms with Crippen LogP contribution in [0.5, 0.6) is 5.75 Å². The average Bonchev–Trinajstić information content (AvgIpc) is 2.42. The number of hydrogen-bond donors (Lipinski definition) is 3. The van der Waals surface area contributed by atoms with Crippen molar-refractivity contribution in [3.63, 3.8) is 0 Å². The zero-order chi connectivity index (χ0) is 14.1. The molecule has 0 amide bonds. The Kier molecular flexibility index (Phi) is 3.23. The van der Waals surface area contributed by atoms with Crippen LogP contribution in [0, 0.1) is 12.7 Å². The molecular formula is C14H12FN3OS. The maximum atomic E-state index is 13.2. The van der Waals surface area contributed by atoms with E-state index in [1.807, 2.05) is 31.2 Å². The molecule has 0 unspecified atom stereocenters. The second kappa shape index (κ2) is 5.05. The molecule has 4 nitrogen and oxygen atoms in total. The van der Waals surface area contributed by atoms with Gasteiger partial charge in [0.15, 0.2) is 0 Å². The van der Waals surface area contributed by atoms with Crippen molar-refractivity contribution in [3.05, 3.63) is 47.8 Å². The van der Waals surface area contributed by atoms with E-state index in [0.717, 1.165) is 11.8 Å². The first-order chi connectivity index (χ1) is 9.61. The Balaban J connectivity index is 1.89. The zero-order valence-corrected chi connectivity index (χ0v) is 11.5. The minimum Gasteiger partial charge on any atom is -0.506 e. The molecule has 0 aliphatic carbocycles. The van der Waals surface area contributed by atoms with E-state index in [4.69, 9.17) is 0 Å². The molecule has 102 valence electrons. The number of rotatable bonds is 1. The van der Waals surface area contributed by atoms with Gasteiger partial charge in [0.25, 0.3) is 0 Å². The van der Waals surface area contributed by atoms with Crippen LogP contribution in [0.4, 0.5) is 15.8 Å². The number of aliphatic imine (C=N–C) groups is 1. The van der Waals surface area contributed by atoms with Crippen molar-refractivity contribution >= 4 is 29.3 Å². The van der Waals surface area contributed by atoms with Crippen LogP contribution in [-0.2, 0) is 0 Å². The molecule has 0 spiro atoms. The Morgan fingerprint density at radius 3 is 2.75 bits per heavy atom. The number of aromatic hydroxyl groups is 1. The third-order valence-corrected chi connectivity index (χ3v) is 3.64. The number of phenolic OH excluding ortho intramolecular Hbond substituents is 1. The van der Waals surface area contributed by atoms with Gasteiger partial charge in [0.05, 0.1) is 4.90 Å². The fraction of sp³-hybridized carbons (Fsp3) is 0.0714. The number of hydrogen-bond acceptors (Lipinski definition) is 5. The first kappa shape index (κ1) is 12.8. The zero-order valence-electron chi connectivity index (χ0n) is 10.6. The number of nitrogens with zero attached hydrogens (tertiary/aromatic N) is 1. The van der Waals surface area contributed by atoms with Crippen LogP contribution in [0.2, 0.25) is 0 Å². The van der Waals surface area contributed by atoms with Crippen LogP contribution in [-0.4, -0.2) is 11.1 Å². The SMILES string of the molecule is Cc1ccc(NC2=Nc3c(O)cc(F)cc3SN2)cc1. The van der Waals surface area contributed by atoms with Crippen molar-refractivity contribution in [2.75, 3.05) is 5.32 Å². The third-order valence-electron chi connectivity index (χ3n) is 2.82. The van der Waals surface area contributed by atoms with Crippen molar-refractivity contribution in [1.29, 1.82) is 0 Å². The summed E-state index contributed by atoms with van der Waals surface area (Å²) in [5, 5.41) is 12.8. The van der Waals surface area contributed by atoms with Gasteiger partial charge in [-0.1, -0.05) is 17.7 Å². The van der Waals surface area contributed by atoms with Crippen molar-refractivity contribution in [3.8, 4) is 5.75 Å². The quantitative estimate of drug-likeness (QED) is 0.703. The maximum Gasteiger partial charge on any atom is 0.211 e. The van der Waals surface area contributed by atoms with Crippen LogP contribution >= 0.6 is 11.9 Å². The summed E-state index contributed by atoms with van der Waals surface area (Å²) in [4.78, 5) is 4.81. The minimum atomic E-state index is -0.485. The molecule has 6 heteroatoms. The summed E-state index contributed by atoms with van der Waals surface area (Å²) in [6, 6.07) is 10.2. The molecule has 1 aliphatic rings. The number of fused-ring (bicyclic) bond motifs is 1. The van der Waals surface area contributed by atoms with E-state index in [0.29, 0.717) is 16.5 Å². The second-order valence-electron chi connectivity index (χ2n) is 4.43. The standard InChI is InChI=1S/C14H12FN3OS/c1-8-2-4-10(5-3-8)16-14-17-13-11(19)6-9(15)7-12(13)20-18-14/h2-7,19H,1H3,(H2,16,17,18). The fourth-order valence-corrected chi connectivity index (χ4v) is 2.54. The number of aryl methyl sites for hydroxylation is 1. The van der Waals surface area contributed by atoms with E-state index in [1.54, 1.807) is 0 Å². The van der Waals surface area contributed by atoms with Gasteiger partial charge in [0.2, 0.25) is 5.96 Å². The van der Waals surface area contributed by atoms with Crippen LogP contribution in [0.1, 0.15) is 5.56 Å². The minimum absolute atomic E-state index is 0.169. The lowest BCUT2D eigenvalue weighted by molar-refractivity contribution is 0.468. The Bertz CT molecular complexity index is 686. The van der Waals surface area contributed by atoms with Gasteiger partial charge in [-0.05, 0) is 37.1 Å². The third kappa shape index (κ3) is 2.55. The van der Waals surface area contributed by atoms with E-state index < -0.39 is 5.82 Å². The van der Waals surface area contributed by atoms with Gasteiger partial charge in [0.1, 0.15) is 17.3 Å². The summed E-state index contributed by atoms with van der Waals surface area (Å²) < 4.78 is 16.1. The molecular weight excluding hydrogens is 277 g/mol. The largest absolute Gasteiger partial charge is 0.506 e. The summed E-state index contributed by atoms with van der Waals surface area (Å²) in [7, 11) is 0. The fourth-order valence-electron chi connectivity index (χ4n) is 1.82. The molecule has 0 saturated carbocycles. The number of phenols is 1. The lowest BCUT2D eigenvalue weighted by Gasteiger charge is -2.18. The molecule has 0 fully saturated rings. The Morgan fingerprint density at radius 2 is 2.00 bits per heavy atom. The molecule has 3 N–H and O–H groups in total. The number of guanidine groups is 1. The van der Waals surface area contributed by atoms with Crippen LogP contribution in [0.15, 0.2) is 46.3 Å². The van der Waals surface area contributed by atoms with Gasteiger partial charge in [-0.2, -0.15) is 0 Å². The van der Waals surface area contributed by atoms with Crippen LogP contribution in [0.25, 0.3) is 0 Å². The first-order valence-electron chi connectivity index (χ1n) is 5.99. The lowest BCUT2D eigenvalue weighted by Crippen LogP contribution is -2.26. The average molecular weight is 289 g/mol. The van der Waals surface area contributed by atoms with E-state index in [1.165, 1.54) is 23.6 Å². The monoisotopic (exact) mass is 289 g/mol. The highest BCUT2D eigenvalue weighted by molar-refractivity contribution is 7.98. The molecule has 2 aromatic rings. The summed E-state index contributed by atoms with van der Waals surface area (Å²) in [5.74, 6) is -0.161. The molecule has 1 heterocycles. The van der Waals surface area contributed by atoms with Gasteiger partial charge in [-0.3, -0.25) is 4.72 Å². The second-order valence-corrected chi connectivity index (χ2v) is 5.28. The summed E-state index contributed by atoms with van der Waals surface area (Å²) >= 11 is 1.20. The molecule has 0 saturated heterocycles. The number of nitrogens with one attached hydrogen (secondary N) is 2. The predicted molar refractivity (Wildman–Crippen MR) is 79.0 cm³/mol. The van der Waals surface area contributed by atoms with Gasteiger partial charge >= 0.3 is 0 Å². The Morgan fingerprint density at radius 1 is 1.25 bits per heavy atom. The number of halogens is 1. The molecule has 2 aromatic carbocycles. The Labute approximate surface area is 119 Å². The smallest absolute Gasteiger partial charge is 0.211 e. The molecule has 3 rings (SSSR count). The van der Waals surface area contributed by atoms with Gasteiger partial charge in [0, 0.05) is 11.8 Å². The van der Waals surface area contributed by atoms with E-state index >= 15 is 0 Å². The highest BCUT2D eigenvalue weighted by Crippen LogP contribution is 2.39. The number of anilines is 1. The first-order valence-corrected chi connectivity index (χ1v) is 6.81. The number of benzene rings is 2. The van der Waals surface area contributed by atoms with E-state index in [-0.39, 0.29) is 5.75 Å². The molecule has 20 heavy (non-hydrogen) atoms. The molecule has 0 atom stereocenters. The Hall–Kier alpha value is -2.21. The topological polar surface area (TPSA) is 56.7 Å². The molecule has 0 aromatic heterocycles. The van der Waals surface area contributed by atoms with Crippen molar-refractivity contribution < 1.29 is 9.50 Å². The maximum absolute atomic E-state index is 13.2. The van der Waals surface area contributed by atoms with Gasteiger partial charge in [-0.25, -0.2) is 9.38 Å². The normalized spacial score (nSPS) is 13.2. The predicted octanol–water partition coefficient (Wildman–Crippen LogP) is 3.55. The highest BCUT2D eigenvalue weighted by Gasteiger charge is 2.17. The van der Waals surface area contributed by atoms with E-state index in [9.17, 15) is 9.50 Å². The van der Waals surface area contributed by atoms with Crippen molar-refractivity contribution in [1.82, 2.24) is 4.72 Å². The summed E-state index contributed by atoms with van der Waals surface area (Å²) in [6.45, 7) is 2.01. The van der Waals surface area contributed by atoms with Gasteiger partial charge in [-0.15, -0.1) is 0 Å². The highest BCUT2D eigenvalue weighted by atomic mass is 32.2. The summed E-state index contributed by atoms with van der Waals surface area (Å²) in [6.07, 6.45) is 0. The van der Waals surface area contributed by atoms with Gasteiger partial charge < -0.3 is 10.4 Å². The van der Waals surface area contributed by atoms with Crippen LogP contribution < -0.4 is 10.0 Å². The van der Waals surface area contributed by atoms with E-state index in [2.05, 4.69) is 15.0 Å². The molecule has 0 bridgehead atoms.